The number of hydrogen-bond donors (Lipinski definition) is 0. The highest BCUT2D eigenvalue weighted by Gasteiger charge is 2.31. The van der Waals surface area contributed by atoms with E-state index in [9.17, 15) is 13.2 Å². The number of rotatable bonds is 5. The van der Waals surface area contributed by atoms with E-state index in [1.165, 1.54) is 0 Å². The lowest BCUT2D eigenvalue weighted by Gasteiger charge is -2.23. The van der Waals surface area contributed by atoms with E-state index in [0.717, 1.165) is 17.5 Å². The average Bonchev–Trinajstić information content (AvgIpc) is 3.00. The maximum atomic E-state index is 12.7. The van der Waals surface area contributed by atoms with Crippen LogP contribution >= 0.6 is 0 Å². The Balaban J connectivity index is 1.94. The lowest BCUT2D eigenvalue weighted by molar-refractivity contribution is 0.208. The molecule has 0 aliphatic carbocycles. The summed E-state index contributed by atoms with van der Waals surface area (Å²) >= 11 is 0. The molecule has 0 amide bonds. The number of aryl methyl sites for hydroxylation is 1. The molecule has 0 spiro atoms. The molecule has 1 atom stereocenters. The van der Waals surface area contributed by atoms with Gasteiger partial charge in [-0.2, -0.15) is 0 Å². The van der Waals surface area contributed by atoms with Crippen LogP contribution in [0.2, 0.25) is 0 Å². The molecule has 0 radical (unpaired) electrons. The highest BCUT2D eigenvalue weighted by Crippen LogP contribution is 2.19. The molecule has 0 bridgehead atoms. The second-order valence-corrected chi connectivity index (χ2v) is 8.53. The standard InChI is InChI=1S/C16H23N3O3S/c1-3-9-18-14-6-4-5-7-15(14)19(16(18)20)12-17(2)13-8-10-23(21,22)11-13/h4-7,13H,3,8-12H2,1-2H3. The molecule has 1 saturated heterocycles. The third-order valence-electron chi connectivity index (χ3n) is 4.57. The fourth-order valence-corrected chi connectivity index (χ4v) is 5.12. The Bertz CT molecular complexity index is 866. The normalized spacial score (nSPS) is 20.6. The molecule has 2 heterocycles. The van der Waals surface area contributed by atoms with Gasteiger partial charge in [0.05, 0.1) is 29.2 Å². The van der Waals surface area contributed by atoms with Crippen molar-refractivity contribution in [3.05, 3.63) is 34.7 Å². The summed E-state index contributed by atoms with van der Waals surface area (Å²) in [7, 11) is -1.03. The first-order chi connectivity index (χ1) is 10.9. The van der Waals surface area contributed by atoms with Crippen molar-refractivity contribution in [2.45, 2.75) is 39.0 Å². The van der Waals surface area contributed by atoms with Gasteiger partial charge in [0.15, 0.2) is 9.84 Å². The Morgan fingerprint density at radius 1 is 1.22 bits per heavy atom. The lowest BCUT2D eigenvalue weighted by Crippen LogP contribution is -2.37. The van der Waals surface area contributed by atoms with Gasteiger partial charge < -0.3 is 0 Å². The molecule has 23 heavy (non-hydrogen) atoms. The number of para-hydroxylation sites is 2. The first-order valence-electron chi connectivity index (χ1n) is 8.01. The van der Waals surface area contributed by atoms with Crippen molar-refractivity contribution in [2.75, 3.05) is 18.6 Å². The van der Waals surface area contributed by atoms with Crippen molar-refractivity contribution in [3.8, 4) is 0 Å². The first kappa shape index (κ1) is 16.3. The monoisotopic (exact) mass is 337 g/mol. The predicted molar refractivity (Wildman–Crippen MR) is 91.3 cm³/mol. The second kappa shape index (κ2) is 6.13. The van der Waals surface area contributed by atoms with Crippen molar-refractivity contribution in [2.24, 2.45) is 0 Å². The second-order valence-electron chi connectivity index (χ2n) is 6.31. The molecule has 1 aromatic carbocycles. The number of aromatic nitrogens is 2. The molecule has 126 valence electrons. The van der Waals surface area contributed by atoms with E-state index >= 15 is 0 Å². The van der Waals surface area contributed by atoms with Gasteiger partial charge in [0, 0.05) is 12.6 Å². The van der Waals surface area contributed by atoms with E-state index in [2.05, 4.69) is 0 Å². The van der Waals surface area contributed by atoms with Gasteiger partial charge in [0.25, 0.3) is 0 Å². The molecular weight excluding hydrogens is 314 g/mol. The summed E-state index contributed by atoms with van der Waals surface area (Å²) in [5, 5.41) is 0. The topological polar surface area (TPSA) is 64.3 Å². The van der Waals surface area contributed by atoms with Gasteiger partial charge in [-0.15, -0.1) is 0 Å². The third kappa shape index (κ3) is 3.07. The van der Waals surface area contributed by atoms with Crippen LogP contribution in [-0.2, 0) is 23.1 Å². The average molecular weight is 337 g/mol. The molecule has 1 aliphatic rings. The fourth-order valence-electron chi connectivity index (χ4n) is 3.31. The minimum absolute atomic E-state index is 0.0137. The maximum absolute atomic E-state index is 12.7. The zero-order chi connectivity index (χ0) is 16.6. The van der Waals surface area contributed by atoms with Crippen LogP contribution in [0, 0.1) is 0 Å². The van der Waals surface area contributed by atoms with Gasteiger partial charge in [-0.1, -0.05) is 19.1 Å². The Morgan fingerprint density at radius 2 is 1.87 bits per heavy atom. The minimum Gasteiger partial charge on any atom is -0.292 e. The third-order valence-corrected chi connectivity index (χ3v) is 6.32. The molecule has 1 aliphatic heterocycles. The van der Waals surface area contributed by atoms with Crippen LogP contribution in [0.3, 0.4) is 0 Å². The van der Waals surface area contributed by atoms with Crippen LogP contribution < -0.4 is 5.69 Å². The highest BCUT2D eigenvalue weighted by molar-refractivity contribution is 7.91. The first-order valence-corrected chi connectivity index (χ1v) is 9.84. The lowest BCUT2D eigenvalue weighted by atomic mass is 10.2. The van der Waals surface area contributed by atoms with Gasteiger partial charge >= 0.3 is 5.69 Å². The van der Waals surface area contributed by atoms with Crippen LogP contribution in [0.25, 0.3) is 11.0 Å². The molecule has 6 nitrogen and oxygen atoms in total. The number of imidazole rings is 1. The molecule has 7 heteroatoms. The molecule has 1 fully saturated rings. The molecular formula is C16H23N3O3S. The summed E-state index contributed by atoms with van der Waals surface area (Å²) in [4.78, 5) is 14.7. The van der Waals surface area contributed by atoms with Gasteiger partial charge in [0.2, 0.25) is 0 Å². The zero-order valence-electron chi connectivity index (χ0n) is 13.6. The van der Waals surface area contributed by atoms with Crippen LogP contribution in [0.4, 0.5) is 0 Å². The number of nitrogens with zero attached hydrogens (tertiary/aromatic N) is 3. The largest absolute Gasteiger partial charge is 0.330 e. The summed E-state index contributed by atoms with van der Waals surface area (Å²) < 4.78 is 26.9. The quantitative estimate of drug-likeness (QED) is 0.825. The van der Waals surface area contributed by atoms with E-state index in [0.29, 0.717) is 19.6 Å². The highest BCUT2D eigenvalue weighted by atomic mass is 32.2. The number of benzene rings is 1. The Hall–Kier alpha value is -1.60. The maximum Gasteiger partial charge on any atom is 0.330 e. The summed E-state index contributed by atoms with van der Waals surface area (Å²) in [6.45, 7) is 3.15. The summed E-state index contributed by atoms with van der Waals surface area (Å²) in [6.07, 6.45) is 1.53. The van der Waals surface area contributed by atoms with Crippen molar-refractivity contribution >= 4 is 20.9 Å². The van der Waals surface area contributed by atoms with Crippen molar-refractivity contribution < 1.29 is 8.42 Å². The summed E-state index contributed by atoms with van der Waals surface area (Å²) in [6, 6.07) is 7.76. The summed E-state index contributed by atoms with van der Waals surface area (Å²) in [5.74, 6) is 0.431. The van der Waals surface area contributed by atoms with Gasteiger partial charge in [-0.25, -0.2) is 13.2 Å². The minimum atomic E-state index is -2.92. The number of fused-ring (bicyclic) bond motifs is 1. The van der Waals surface area contributed by atoms with Gasteiger partial charge in [-0.3, -0.25) is 14.0 Å². The van der Waals surface area contributed by atoms with E-state index in [-0.39, 0.29) is 23.2 Å². The fraction of sp³-hybridized carbons (Fsp3) is 0.562. The molecule has 2 aromatic rings. The van der Waals surface area contributed by atoms with Crippen molar-refractivity contribution in [1.82, 2.24) is 14.0 Å². The Labute approximate surface area is 136 Å². The molecule has 0 saturated carbocycles. The molecule has 1 aromatic heterocycles. The molecule has 3 rings (SSSR count). The number of hydrogen-bond acceptors (Lipinski definition) is 4. The predicted octanol–water partition coefficient (Wildman–Crippen LogP) is 1.29. The van der Waals surface area contributed by atoms with Gasteiger partial charge in [0.1, 0.15) is 0 Å². The Kier molecular flexibility index (Phi) is 4.33. The summed E-state index contributed by atoms with van der Waals surface area (Å²) in [5.41, 5.74) is 1.81. The van der Waals surface area contributed by atoms with Crippen LogP contribution in [0.1, 0.15) is 19.8 Å². The van der Waals surface area contributed by atoms with Crippen LogP contribution in [0.15, 0.2) is 29.1 Å². The zero-order valence-corrected chi connectivity index (χ0v) is 14.4. The van der Waals surface area contributed by atoms with E-state index in [1.807, 2.05) is 43.1 Å². The number of sulfone groups is 1. The van der Waals surface area contributed by atoms with E-state index in [4.69, 9.17) is 0 Å². The van der Waals surface area contributed by atoms with Crippen LogP contribution in [0.5, 0.6) is 0 Å². The van der Waals surface area contributed by atoms with Crippen molar-refractivity contribution in [3.63, 3.8) is 0 Å². The van der Waals surface area contributed by atoms with Crippen LogP contribution in [-0.4, -0.2) is 47.0 Å². The molecule has 0 N–H and O–H groups in total. The van der Waals surface area contributed by atoms with E-state index < -0.39 is 9.84 Å². The Morgan fingerprint density at radius 3 is 2.43 bits per heavy atom. The smallest absolute Gasteiger partial charge is 0.292 e. The van der Waals surface area contributed by atoms with Gasteiger partial charge in [-0.05, 0) is 32.0 Å². The SMILES string of the molecule is CCCn1c(=O)n(CN(C)C2CCS(=O)(=O)C2)c2ccccc21. The van der Waals surface area contributed by atoms with Crippen molar-refractivity contribution in [1.29, 1.82) is 0 Å². The molecule has 1 unspecified atom stereocenters. The van der Waals surface area contributed by atoms with E-state index in [1.54, 1.807) is 9.13 Å².